The molecule has 1 aromatic rings. The Morgan fingerprint density at radius 2 is 2.29 bits per heavy atom. The van der Waals surface area contributed by atoms with Crippen LogP contribution in [0.1, 0.15) is 17.5 Å². The van der Waals surface area contributed by atoms with Crippen LogP contribution in [0.4, 0.5) is 0 Å². The lowest BCUT2D eigenvalue weighted by atomic mass is 10.1. The van der Waals surface area contributed by atoms with Crippen molar-refractivity contribution in [1.29, 1.82) is 0 Å². The first kappa shape index (κ1) is 14.8. The van der Waals surface area contributed by atoms with Crippen LogP contribution in [-0.2, 0) is 6.54 Å². The molecule has 0 aliphatic carbocycles. The molecule has 0 atom stereocenters. The molecule has 2 N–H and O–H groups in total. The second-order valence-corrected chi connectivity index (χ2v) is 4.85. The standard InChI is InChI=1S/C12H16BrN3.HI/c1-9-7-11(13)4-3-10(9)8-16-12-14-5-2-6-15-12;/h3-4,7H,2,5-6,8H2,1H3,(H2,14,15,16);1H. The van der Waals surface area contributed by atoms with Crippen LogP contribution < -0.4 is 10.6 Å². The van der Waals surface area contributed by atoms with E-state index in [9.17, 15) is 0 Å². The molecule has 0 aromatic heterocycles. The summed E-state index contributed by atoms with van der Waals surface area (Å²) in [6, 6.07) is 6.34. The highest BCUT2D eigenvalue weighted by molar-refractivity contribution is 14.0. The molecule has 0 fully saturated rings. The fourth-order valence-electron chi connectivity index (χ4n) is 1.69. The molecule has 0 saturated heterocycles. The van der Waals surface area contributed by atoms with Crippen LogP contribution in [0.15, 0.2) is 27.7 Å². The van der Waals surface area contributed by atoms with Gasteiger partial charge >= 0.3 is 0 Å². The Morgan fingerprint density at radius 3 is 2.94 bits per heavy atom. The number of nitrogens with zero attached hydrogens (tertiary/aromatic N) is 1. The van der Waals surface area contributed by atoms with E-state index in [4.69, 9.17) is 0 Å². The lowest BCUT2D eigenvalue weighted by molar-refractivity contribution is 0.701. The summed E-state index contributed by atoms with van der Waals surface area (Å²) in [6.45, 7) is 4.89. The van der Waals surface area contributed by atoms with Crippen molar-refractivity contribution in [2.45, 2.75) is 19.9 Å². The highest BCUT2D eigenvalue weighted by atomic mass is 127. The van der Waals surface area contributed by atoms with Crippen molar-refractivity contribution in [2.75, 3.05) is 13.1 Å². The molecule has 0 amide bonds. The van der Waals surface area contributed by atoms with E-state index < -0.39 is 0 Å². The molecule has 1 aliphatic rings. The first-order valence-electron chi connectivity index (χ1n) is 5.53. The molecule has 1 aliphatic heterocycles. The smallest absolute Gasteiger partial charge is 0.191 e. The fourth-order valence-corrected chi connectivity index (χ4v) is 2.16. The maximum Gasteiger partial charge on any atom is 0.191 e. The van der Waals surface area contributed by atoms with Crippen molar-refractivity contribution < 1.29 is 0 Å². The molecule has 0 spiro atoms. The third kappa shape index (κ3) is 4.46. The first-order valence-corrected chi connectivity index (χ1v) is 6.32. The van der Waals surface area contributed by atoms with E-state index in [2.05, 4.69) is 56.7 Å². The average Bonchev–Trinajstić information content (AvgIpc) is 2.29. The van der Waals surface area contributed by atoms with Gasteiger partial charge in [-0.05, 0) is 36.6 Å². The molecule has 5 heteroatoms. The second-order valence-electron chi connectivity index (χ2n) is 3.94. The second kappa shape index (κ2) is 7.20. The predicted octanol–water partition coefficient (Wildman–Crippen LogP) is 2.81. The molecule has 0 bridgehead atoms. The average molecular weight is 410 g/mol. The van der Waals surface area contributed by atoms with E-state index in [0.717, 1.165) is 36.5 Å². The molecular formula is C12H17BrIN3. The van der Waals surface area contributed by atoms with Crippen molar-refractivity contribution in [2.24, 2.45) is 4.99 Å². The monoisotopic (exact) mass is 409 g/mol. The van der Waals surface area contributed by atoms with Gasteiger partial charge in [0.25, 0.3) is 0 Å². The molecule has 17 heavy (non-hydrogen) atoms. The molecule has 1 aromatic carbocycles. The summed E-state index contributed by atoms with van der Waals surface area (Å²) in [6.07, 6.45) is 1.13. The van der Waals surface area contributed by atoms with Crippen LogP contribution in [0.2, 0.25) is 0 Å². The number of nitrogens with one attached hydrogen (secondary N) is 2. The molecule has 0 radical (unpaired) electrons. The van der Waals surface area contributed by atoms with Crippen LogP contribution in [0.5, 0.6) is 0 Å². The normalized spacial score (nSPS) is 14.4. The number of aryl methyl sites for hydroxylation is 1. The Labute approximate surface area is 128 Å². The van der Waals surface area contributed by atoms with Gasteiger partial charge in [0.15, 0.2) is 5.96 Å². The van der Waals surface area contributed by atoms with Crippen molar-refractivity contribution >= 4 is 45.9 Å². The van der Waals surface area contributed by atoms with Crippen LogP contribution >= 0.6 is 39.9 Å². The van der Waals surface area contributed by atoms with Gasteiger partial charge in [-0.15, -0.1) is 24.0 Å². The summed E-state index contributed by atoms with van der Waals surface area (Å²) in [7, 11) is 0. The third-order valence-corrected chi connectivity index (χ3v) is 3.14. The van der Waals surface area contributed by atoms with Gasteiger partial charge in [-0.3, -0.25) is 4.99 Å². The topological polar surface area (TPSA) is 36.4 Å². The van der Waals surface area contributed by atoms with Gasteiger partial charge in [-0.1, -0.05) is 22.0 Å². The summed E-state index contributed by atoms with van der Waals surface area (Å²) >= 11 is 3.47. The minimum Gasteiger partial charge on any atom is -0.356 e. The zero-order chi connectivity index (χ0) is 11.4. The van der Waals surface area contributed by atoms with Gasteiger partial charge in [0, 0.05) is 24.1 Å². The van der Waals surface area contributed by atoms with E-state index >= 15 is 0 Å². The van der Waals surface area contributed by atoms with E-state index in [0.29, 0.717) is 0 Å². The van der Waals surface area contributed by atoms with Crippen molar-refractivity contribution in [1.82, 2.24) is 10.6 Å². The van der Waals surface area contributed by atoms with Gasteiger partial charge < -0.3 is 10.6 Å². The van der Waals surface area contributed by atoms with Crippen LogP contribution in [0.25, 0.3) is 0 Å². The SMILES string of the molecule is Cc1cc(Br)ccc1CNC1=NCCCN1.I. The van der Waals surface area contributed by atoms with E-state index in [1.165, 1.54) is 11.1 Å². The highest BCUT2D eigenvalue weighted by Crippen LogP contribution is 2.15. The number of rotatable bonds is 2. The minimum absolute atomic E-state index is 0. The maximum atomic E-state index is 4.38. The lowest BCUT2D eigenvalue weighted by Gasteiger charge is -2.16. The van der Waals surface area contributed by atoms with Gasteiger partial charge in [-0.25, -0.2) is 0 Å². The van der Waals surface area contributed by atoms with Gasteiger partial charge in [0.2, 0.25) is 0 Å². The predicted molar refractivity (Wildman–Crippen MR) is 86.1 cm³/mol. The number of aliphatic imine (C=N–C) groups is 1. The highest BCUT2D eigenvalue weighted by Gasteiger charge is 2.04. The number of hydrogen-bond acceptors (Lipinski definition) is 3. The lowest BCUT2D eigenvalue weighted by Crippen LogP contribution is -2.40. The number of hydrogen-bond donors (Lipinski definition) is 2. The van der Waals surface area contributed by atoms with Gasteiger partial charge in [0.05, 0.1) is 0 Å². The Morgan fingerprint density at radius 1 is 1.47 bits per heavy atom. The van der Waals surface area contributed by atoms with Crippen molar-refractivity contribution in [3.8, 4) is 0 Å². The first-order chi connectivity index (χ1) is 7.75. The van der Waals surface area contributed by atoms with Crippen molar-refractivity contribution in [3.05, 3.63) is 33.8 Å². The Bertz CT molecular complexity index is 407. The molecule has 0 saturated carbocycles. The summed E-state index contributed by atoms with van der Waals surface area (Å²) in [5.74, 6) is 0.925. The van der Waals surface area contributed by atoms with E-state index in [1.54, 1.807) is 0 Å². The van der Waals surface area contributed by atoms with Crippen LogP contribution in [0.3, 0.4) is 0 Å². The summed E-state index contributed by atoms with van der Waals surface area (Å²) in [4.78, 5) is 4.38. The Hall–Kier alpha value is -0.300. The molecule has 94 valence electrons. The molecule has 2 rings (SSSR count). The quantitative estimate of drug-likeness (QED) is 0.737. The number of halogens is 2. The van der Waals surface area contributed by atoms with Crippen LogP contribution in [-0.4, -0.2) is 19.0 Å². The van der Waals surface area contributed by atoms with Gasteiger partial charge in [-0.2, -0.15) is 0 Å². The summed E-state index contributed by atoms with van der Waals surface area (Å²) in [5.41, 5.74) is 2.59. The van der Waals surface area contributed by atoms with Gasteiger partial charge in [0.1, 0.15) is 0 Å². The maximum absolute atomic E-state index is 4.38. The molecule has 1 heterocycles. The summed E-state index contributed by atoms with van der Waals surface area (Å²) < 4.78 is 1.13. The largest absolute Gasteiger partial charge is 0.356 e. The Kier molecular flexibility index (Phi) is 6.26. The number of benzene rings is 1. The molecule has 0 unspecified atom stereocenters. The minimum atomic E-state index is 0. The van der Waals surface area contributed by atoms with E-state index in [1.807, 2.05) is 0 Å². The summed E-state index contributed by atoms with van der Waals surface area (Å²) in [5, 5.41) is 6.57. The third-order valence-electron chi connectivity index (χ3n) is 2.65. The zero-order valence-electron chi connectivity index (χ0n) is 9.79. The van der Waals surface area contributed by atoms with Crippen molar-refractivity contribution in [3.63, 3.8) is 0 Å². The molecule has 3 nitrogen and oxygen atoms in total. The Balaban J connectivity index is 0.00000144. The molecular weight excluding hydrogens is 393 g/mol. The number of guanidine groups is 1. The van der Waals surface area contributed by atoms with E-state index in [-0.39, 0.29) is 24.0 Å². The fraction of sp³-hybridized carbons (Fsp3) is 0.417. The van der Waals surface area contributed by atoms with Crippen LogP contribution in [0, 0.1) is 6.92 Å². The zero-order valence-corrected chi connectivity index (χ0v) is 13.7.